The van der Waals surface area contributed by atoms with Crippen molar-refractivity contribution in [2.45, 2.75) is 141 Å². The van der Waals surface area contributed by atoms with Gasteiger partial charge in [-0.2, -0.15) is 0 Å². The zero-order valence-corrected chi connectivity index (χ0v) is 22.9. The zero-order valence-electron chi connectivity index (χ0n) is 22.9. The fourth-order valence-electron chi connectivity index (χ4n) is 4.16. The largest absolute Gasteiger partial charge is 0.481 e. The summed E-state index contributed by atoms with van der Waals surface area (Å²) in [4.78, 5) is 20.9. The minimum absolute atomic E-state index is 0.319. The second kappa shape index (κ2) is 29.1. The Labute approximate surface area is 221 Å². The van der Waals surface area contributed by atoms with Gasteiger partial charge in [0.1, 0.15) is 0 Å². The molecule has 0 atom stereocenters. The molecular weight excluding hydrogens is 448 g/mol. The highest BCUT2D eigenvalue weighted by atomic mass is 16.4. The van der Waals surface area contributed by atoms with Crippen LogP contribution in [0.4, 0.5) is 0 Å². The van der Waals surface area contributed by atoms with Crippen LogP contribution in [0.2, 0.25) is 0 Å². The van der Waals surface area contributed by atoms with E-state index in [1.165, 1.54) is 89.9 Å². The Bertz CT molecular complexity index is 562. The third-order valence-electron chi connectivity index (χ3n) is 6.35. The number of rotatable bonds is 27. The van der Waals surface area contributed by atoms with Crippen LogP contribution in [0.5, 0.6) is 0 Å². The minimum atomic E-state index is -0.672. The molecule has 0 radical (unpaired) electrons. The normalized spacial score (nSPS) is 12.1. The summed E-state index contributed by atoms with van der Waals surface area (Å²) >= 11 is 0. The molecule has 0 aromatic carbocycles. The van der Waals surface area contributed by atoms with Crippen molar-refractivity contribution < 1.29 is 19.8 Å². The summed E-state index contributed by atoms with van der Waals surface area (Å²) in [5, 5.41) is 17.2. The lowest BCUT2D eigenvalue weighted by molar-refractivity contribution is -0.138. The summed E-state index contributed by atoms with van der Waals surface area (Å²) in [6.45, 7) is 0. The first-order chi connectivity index (χ1) is 17.6. The lowest BCUT2D eigenvalue weighted by atomic mass is 10.1. The first-order valence-electron chi connectivity index (χ1n) is 14.7. The number of carboxylic acid groups (broad SMARTS) is 2. The molecule has 0 amide bonds. The summed E-state index contributed by atoms with van der Waals surface area (Å²) in [5.74, 6) is -1.34. The monoisotopic (exact) mass is 502 g/mol. The summed E-state index contributed by atoms with van der Waals surface area (Å²) in [6, 6.07) is 0. The van der Waals surface area contributed by atoms with Crippen molar-refractivity contribution in [2.24, 2.45) is 0 Å². The molecule has 0 fully saturated rings. The maximum Gasteiger partial charge on any atom is 0.303 e. The van der Waals surface area contributed by atoms with E-state index < -0.39 is 11.9 Å². The highest BCUT2D eigenvalue weighted by molar-refractivity contribution is 5.66. The number of aliphatic carboxylic acids is 2. The van der Waals surface area contributed by atoms with Crippen molar-refractivity contribution in [1.29, 1.82) is 0 Å². The SMILES string of the molecule is O=C(O)CCCCCCCCCCC/C=C/C=C/C=C/C=C/CCCCCCCCCCCC(=O)O. The second-order valence-electron chi connectivity index (χ2n) is 9.85. The molecule has 0 saturated heterocycles. The molecule has 0 heterocycles. The van der Waals surface area contributed by atoms with Crippen LogP contribution >= 0.6 is 0 Å². The third kappa shape index (κ3) is 31.9. The molecule has 0 rings (SSSR count). The van der Waals surface area contributed by atoms with Crippen molar-refractivity contribution in [2.75, 3.05) is 0 Å². The van der Waals surface area contributed by atoms with Crippen LogP contribution in [0.25, 0.3) is 0 Å². The van der Waals surface area contributed by atoms with E-state index in [1.54, 1.807) is 0 Å². The number of hydrogen-bond acceptors (Lipinski definition) is 2. The van der Waals surface area contributed by atoms with Gasteiger partial charge in [-0.3, -0.25) is 9.59 Å². The van der Waals surface area contributed by atoms with Crippen LogP contribution in [0, 0.1) is 0 Å². The van der Waals surface area contributed by atoms with E-state index in [4.69, 9.17) is 10.2 Å². The van der Waals surface area contributed by atoms with Gasteiger partial charge in [0, 0.05) is 12.8 Å². The third-order valence-corrected chi connectivity index (χ3v) is 6.35. The van der Waals surface area contributed by atoms with E-state index >= 15 is 0 Å². The van der Waals surface area contributed by atoms with Crippen LogP contribution in [0.1, 0.15) is 141 Å². The smallest absolute Gasteiger partial charge is 0.303 e. The highest BCUT2D eigenvalue weighted by Crippen LogP contribution is 2.12. The van der Waals surface area contributed by atoms with E-state index in [-0.39, 0.29) is 0 Å². The molecule has 206 valence electrons. The number of carbonyl (C=O) groups is 2. The molecule has 2 N–H and O–H groups in total. The Balaban J connectivity index is 3.33. The molecular formula is C32H54O4. The molecule has 0 spiro atoms. The Hall–Kier alpha value is -2.10. The van der Waals surface area contributed by atoms with E-state index in [1.807, 2.05) is 0 Å². The van der Waals surface area contributed by atoms with E-state index in [0.717, 1.165) is 38.5 Å². The quantitative estimate of drug-likeness (QED) is 0.0865. The van der Waals surface area contributed by atoms with Crippen LogP contribution in [0.3, 0.4) is 0 Å². The average Bonchev–Trinajstić information content (AvgIpc) is 2.85. The summed E-state index contributed by atoms with van der Waals surface area (Å²) in [6.07, 6.45) is 41.6. The summed E-state index contributed by atoms with van der Waals surface area (Å²) < 4.78 is 0. The minimum Gasteiger partial charge on any atom is -0.481 e. The first kappa shape index (κ1) is 33.9. The molecule has 0 saturated carbocycles. The lowest BCUT2D eigenvalue weighted by Gasteiger charge is -2.01. The van der Waals surface area contributed by atoms with Crippen molar-refractivity contribution in [3.63, 3.8) is 0 Å². The van der Waals surface area contributed by atoms with Gasteiger partial charge in [-0.15, -0.1) is 0 Å². The molecule has 4 nitrogen and oxygen atoms in total. The maximum atomic E-state index is 10.4. The predicted molar refractivity (Wildman–Crippen MR) is 153 cm³/mol. The Kier molecular flexibility index (Phi) is 27.4. The molecule has 4 heteroatoms. The van der Waals surface area contributed by atoms with Crippen LogP contribution < -0.4 is 0 Å². The fourth-order valence-corrected chi connectivity index (χ4v) is 4.16. The fraction of sp³-hybridized carbons (Fsp3) is 0.688. The van der Waals surface area contributed by atoms with E-state index in [2.05, 4.69) is 48.6 Å². The standard InChI is InChI=1S/C32H54O4/c33-31(34)29-27-25-23-21-19-17-15-13-11-9-7-5-3-1-2-4-6-8-10-12-14-16-18-20-22-24-26-28-30-32(35)36/h1-8H,9-30H2,(H,33,34)(H,35,36)/b3-1+,4-2+,7-5+,8-6+. The Morgan fingerprint density at radius 3 is 0.917 bits per heavy atom. The molecule has 0 aliphatic rings. The molecule has 36 heavy (non-hydrogen) atoms. The van der Waals surface area contributed by atoms with Crippen molar-refractivity contribution in [3.8, 4) is 0 Å². The van der Waals surface area contributed by atoms with Gasteiger partial charge in [0.05, 0.1) is 0 Å². The molecule has 0 aliphatic carbocycles. The van der Waals surface area contributed by atoms with Gasteiger partial charge >= 0.3 is 11.9 Å². The van der Waals surface area contributed by atoms with Gasteiger partial charge in [-0.25, -0.2) is 0 Å². The van der Waals surface area contributed by atoms with Gasteiger partial charge in [-0.1, -0.05) is 138 Å². The number of hydrogen-bond donors (Lipinski definition) is 2. The van der Waals surface area contributed by atoms with Gasteiger partial charge in [-0.05, 0) is 38.5 Å². The molecule has 0 unspecified atom stereocenters. The Morgan fingerprint density at radius 1 is 0.361 bits per heavy atom. The van der Waals surface area contributed by atoms with E-state index in [0.29, 0.717) is 12.8 Å². The number of carboxylic acids is 2. The predicted octanol–water partition coefficient (Wildman–Crippen LogP) is 9.96. The van der Waals surface area contributed by atoms with Gasteiger partial charge < -0.3 is 10.2 Å². The van der Waals surface area contributed by atoms with E-state index in [9.17, 15) is 9.59 Å². The van der Waals surface area contributed by atoms with Gasteiger partial charge in [0.15, 0.2) is 0 Å². The zero-order chi connectivity index (χ0) is 26.4. The lowest BCUT2D eigenvalue weighted by Crippen LogP contribution is -1.93. The van der Waals surface area contributed by atoms with Crippen LogP contribution in [-0.4, -0.2) is 22.2 Å². The molecule has 0 aromatic rings. The average molecular weight is 503 g/mol. The Morgan fingerprint density at radius 2 is 0.611 bits per heavy atom. The van der Waals surface area contributed by atoms with Crippen molar-refractivity contribution >= 4 is 11.9 Å². The molecule has 0 aliphatic heterocycles. The van der Waals surface area contributed by atoms with Crippen molar-refractivity contribution in [1.82, 2.24) is 0 Å². The maximum absolute atomic E-state index is 10.4. The summed E-state index contributed by atoms with van der Waals surface area (Å²) in [5.41, 5.74) is 0. The first-order valence-corrected chi connectivity index (χ1v) is 14.7. The topological polar surface area (TPSA) is 74.6 Å². The molecule has 0 bridgehead atoms. The molecule has 0 aromatic heterocycles. The highest BCUT2D eigenvalue weighted by Gasteiger charge is 1.97. The van der Waals surface area contributed by atoms with Crippen LogP contribution in [-0.2, 0) is 9.59 Å². The van der Waals surface area contributed by atoms with Crippen molar-refractivity contribution in [3.05, 3.63) is 48.6 Å². The number of allylic oxidation sites excluding steroid dienone is 8. The second-order valence-corrected chi connectivity index (χ2v) is 9.85. The van der Waals surface area contributed by atoms with Gasteiger partial charge in [0.25, 0.3) is 0 Å². The van der Waals surface area contributed by atoms with Crippen LogP contribution in [0.15, 0.2) is 48.6 Å². The summed E-state index contributed by atoms with van der Waals surface area (Å²) in [7, 11) is 0. The van der Waals surface area contributed by atoms with Gasteiger partial charge in [0.2, 0.25) is 0 Å². The number of unbranched alkanes of at least 4 members (excludes halogenated alkanes) is 18.